The number of methoxy groups -OCH3 is 1. The molecule has 0 radical (unpaired) electrons. The smallest absolute Gasteiger partial charge is 0.338 e. The van der Waals surface area contributed by atoms with Gasteiger partial charge in [-0.05, 0) is 85.8 Å². The van der Waals surface area contributed by atoms with Gasteiger partial charge in [-0.25, -0.2) is 4.79 Å². The Morgan fingerprint density at radius 3 is 2.31 bits per heavy atom. The van der Waals surface area contributed by atoms with E-state index < -0.39 is 23.7 Å². The van der Waals surface area contributed by atoms with Crippen LogP contribution in [-0.4, -0.2) is 41.0 Å². The maximum Gasteiger partial charge on any atom is 0.338 e. The average Bonchev–Trinajstić information content (AvgIpc) is 3.18. The molecule has 1 unspecified atom stereocenters. The van der Waals surface area contributed by atoms with Crippen LogP contribution in [0.1, 0.15) is 72.3 Å². The molecule has 0 aliphatic carbocycles. The van der Waals surface area contributed by atoms with E-state index >= 15 is 0 Å². The Labute approximate surface area is 227 Å². The highest BCUT2D eigenvalue weighted by Crippen LogP contribution is 2.43. The predicted octanol–water partition coefficient (Wildman–Crippen LogP) is 5.71. The zero-order valence-corrected chi connectivity index (χ0v) is 22.9. The van der Waals surface area contributed by atoms with Crippen molar-refractivity contribution in [2.24, 2.45) is 0 Å². The Morgan fingerprint density at radius 2 is 1.74 bits per heavy atom. The molecule has 1 aliphatic heterocycles. The van der Waals surface area contributed by atoms with E-state index in [0.29, 0.717) is 33.7 Å². The number of carbonyl (C=O) groups excluding carboxylic acids is 3. The highest BCUT2D eigenvalue weighted by Gasteiger charge is 2.47. The van der Waals surface area contributed by atoms with Gasteiger partial charge in [-0.2, -0.15) is 0 Å². The van der Waals surface area contributed by atoms with Crippen LogP contribution in [0.15, 0.2) is 66.5 Å². The molecule has 1 aliphatic rings. The quantitative estimate of drug-likeness (QED) is 0.181. The van der Waals surface area contributed by atoms with E-state index in [4.69, 9.17) is 9.47 Å². The van der Waals surface area contributed by atoms with E-state index in [1.165, 1.54) is 4.90 Å². The highest BCUT2D eigenvalue weighted by atomic mass is 16.5. The first-order chi connectivity index (χ1) is 18.5. The lowest BCUT2D eigenvalue weighted by molar-refractivity contribution is -0.132. The molecule has 1 aromatic heterocycles. The molecule has 39 heavy (non-hydrogen) atoms. The Kier molecular flexibility index (Phi) is 7.85. The minimum atomic E-state index is -0.934. The van der Waals surface area contributed by atoms with Crippen LogP contribution in [0.2, 0.25) is 0 Å². The van der Waals surface area contributed by atoms with Gasteiger partial charge in [0, 0.05) is 23.6 Å². The first-order valence-corrected chi connectivity index (χ1v) is 12.8. The first kappa shape index (κ1) is 27.6. The maximum atomic E-state index is 13.5. The Morgan fingerprint density at radius 1 is 1.05 bits per heavy atom. The third kappa shape index (κ3) is 5.27. The molecule has 1 amide bonds. The van der Waals surface area contributed by atoms with Crippen molar-refractivity contribution in [2.45, 2.75) is 52.7 Å². The van der Waals surface area contributed by atoms with Crippen LogP contribution < -0.4 is 9.64 Å². The first-order valence-electron chi connectivity index (χ1n) is 12.8. The number of ether oxygens (including phenoxy) is 2. The molecule has 0 saturated carbocycles. The van der Waals surface area contributed by atoms with Gasteiger partial charge >= 0.3 is 5.97 Å². The minimum absolute atomic E-state index is 0.0423. The second-order valence-corrected chi connectivity index (χ2v) is 10.0. The second kappa shape index (κ2) is 11.1. The maximum absolute atomic E-state index is 13.5. The summed E-state index contributed by atoms with van der Waals surface area (Å²) in [6.07, 6.45) is 2.87. The van der Waals surface area contributed by atoms with Gasteiger partial charge in [0.25, 0.3) is 11.7 Å². The van der Waals surface area contributed by atoms with Crippen molar-refractivity contribution in [3.8, 4) is 5.75 Å². The minimum Gasteiger partial charge on any atom is -0.507 e. The van der Waals surface area contributed by atoms with Crippen LogP contribution in [0.4, 0.5) is 5.69 Å². The summed E-state index contributed by atoms with van der Waals surface area (Å²) in [7, 11) is 1.59. The van der Waals surface area contributed by atoms with Crippen molar-refractivity contribution in [1.82, 2.24) is 4.98 Å². The van der Waals surface area contributed by atoms with Crippen molar-refractivity contribution in [2.75, 3.05) is 12.0 Å². The van der Waals surface area contributed by atoms with Gasteiger partial charge in [0.15, 0.2) is 0 Å². The van der Waals surface area contributed by atoms with E-state index in [1.54, 1.807) is 75.8 Å². The molecule has 4 rings (SSSR count). The number of nitrogens with zero attached hydrogens (tertiary/aromatic N) is 2. The monoisotopic (exact) mass is 528 g/mol. The highest BCUT2D eigenvalue weighted by molar-refractivity contribution is 6.51. The Balaban J connectivity index is 1.88. The van der Waals surface area contributed by atoms with Gasteiger partial charge < -0.3 is 14.6 Å². The van der Waals surface area contributed by atoms with E-state index in [-0.39, 0.29) is 23.4 Å². The van der Waals surface area contributed by atoms with Gasteiger partial charge in [0.1, 0.15) is 11.5 Å². The van der Waals surface area contributed by atoms with E-state index in [1.807, 2.05) is 26.8 Å². The fourth-order valence-corrected chi connectivity index (χ4v) is 4.72. The number of rotatable bonds is 7. The molecule has 1 saturated heterocycles. The van der Waals surface area contributed by atoms with Crippen LogP contribution in [0, 0.1) is 6.92 Å². The fourth-order valence-electron chi connectivity index (χ4n) is 4.72. The number of aromatic nitrogens is 1. The second-order valence-electron chi connectivity index (χ2n) is 10.0. The van der Waals surface area contributed by atoms with Gasteiger partial charge in [-0.15, -0.1) is 0 Å². The number of aliphatic hydroxyl groups is 1. The number of Topliss-reactive ketones (excluding diaryl/α,β-unsaturated/α-hetero) is 1. The van der Waals surface area contributed by atoms with Crippen molar-refractivity contribution >= 4 is 29.1 Å². The molecule has 0 spiro atoms. The van der Waals surface area contributed by atoms with Crippen LogP contribution in [0.5, 0.6) is 5.75 Å². The number of amides is 1. The van der Waals surface area contributed by atoms with E-state index in [0.717, 1.165) is 5.56 Å². The van der Waals surface area contributed by atoms with Crippen molar-refractivity contribution in [3.63, 3.8) is 0 Å². The number of ketones is 1. The number of hydrogen-bond donors (Lipinski definition) is 1. The van der Waals surface area contributed by atoms with Gasteiger partial charge in [-0.1, -0.05) is 19.9 Å². The number of anilines is 1. The summed E-state index contributed by atoms with van der Waals surface area (Å²) in [4.78, 5) is 44.8. The summed E-state index contributed by atoms with van der Waals surface area (Å²) in [5.41, 5.74) is 3.21. The van der Waals surface area contributed by atoms with Gasteiger partial charge in [-0.3, -0.25) is 19.5 Å². The van der Waals surface area contributed by atoms with Crippen LogP contribution in [0.3, 0.4) is 0 Å². The van der Waals surface area contributed by atoms with Crippen LogP contribution >= 0.6 is 0 Å². The van der Waals surface area contributed by atoms with E-state index in [9.17, 15) is 19.5 Å². The molecule has 1 N–H and O–H groups in total. The normalized spacial score (nSPS) is 16.7. The Hall–Kier alpha value is -4.46. The molecule has 0 bridgehead atoms. The third-order valence-electron chi connectivity index (χ3n) is 6.62. The molecule has 2 aromatic carbocycles. The standard InChI is InChI=1S/C31H32N2O6/c1-17(2)23-15-24(19(5)14-25(23)38-6)28(34)26-27(21-8-7-13-32-16-21)33(30(36)29(26)35)22-11-9-20(10-12-22)31(37)39-18(3)4/h7-18,27,34H,1-6H3/b28-26+. The predicted molar refractivity (Wildman–Crippen MR) is 148 cm³/mol. The number of carbonyl (C=O) groups is 3. The number of hydrogen-bond acceptors (Lipinski definition) is 7. The summed E-state index contributed by atoms with van der Waals surface area (Å²) >= 11 is 0. The number of aliphatic hydroxyl groups excluding tert-OH is 1. The number of benzene rings is 2. The summed E-state index contributed by atoms with van der Waals surface area (Å²) in [5.74, 6) is -1.60. The van der Waals surface area contributed by atoms with Crippen molar-refractivity contribution in [1.29, 1.82) is 0 Å². The molecule has 202 valence electrons. The number of esters is 1. The van der Waals surface area contributed by atoms with Crippen LogP contribution in [-0.2, 0) is 14.3 Å². The molecular formula is C31H32N2O6. The van der Waals surface area contributed by atoms with Crippen molar-refractivity contribution in [3.05, 3.63) is 94.3 Å². The lowest BCUT2D eigenvalue weighted by atomic mass is 9.91. The Bertz CT molecular complexity index is 1440. The molecule has 3 aromatic rings. The lowest BCUT2D eigenvalue weighted by Crippen LogP contribution is -2.29. The summed E-state index contributed by atoms with van der Waals surface area (Å²) < 4.78 is 10.8. The largest absolute Gasteiger partial charge is 0.507 e. The van der Waals surface area contributed by atoms with Gasteiger partial charge in [0.2, 0.25) is 0 Å². The van der Waals surface area contributed by atoms with Crippen molar-refractivity contribution < 1.29 is 29.0 Å². The molecular weight excluding hydrogens is 496 g/mol. The van der Waals surface area contributed by atoms with Crippen LogP contribution in [0.25, 0.3) is 5.76 Å². The zero-order valence-electron chi connectivity index (χ0n) is 22.9. The summed E-state index contributed by atoms with van der Waals surface area (Å²) in [6.45, 7) is 9.34. The topological polar surface area (TPSA) is 106 Å². The number of aryl methyl sites for hydroxylation is 1. The average molecular weight is 529 g/mol. The summed E-state index contributed by atoms with van der Waals surface area (Å²) in [5, 5.41) is 11.6. The molecule has 2 heterocycles. The fraction of sp³-hybridized carbons (Fsp3) is 0.290. The molecule has 1 atom stereocenters. The SMILES string of the molecule is COc1cc(C)c(/C(O)=C2\C(=O)C(=O)N(c3ccc(C(=O)OC(C)C)cc3)C2c2cccnc2)cc1C(C)C. The zero-order chi connectivity index (χ0) is 28.4. The third-order valence-corrected chi connectivity index (χ3v) is 6.62. The summed E-state index contributed by atoms with van der Waals surface area (Å²) in [6, 6.07) is 12.4. The van der Waals surface area contributed by atoms with Gasteiger partial charge in [0.05, 0.1) is 30.4 Å². The molecule has 1 fully saturated rings. The lowest BCUT2D eigenvalue weighted by Gasteiger charge is -2.25. The molecule has 8 heteroatoms. The van der Waals surface area contributed by atoms with E-state index in [2.05, 4.69) is 4.98 Å². The number of pyridine rings is 1. The molecule has 8 nitrogen and oxygen atoms in total.